The van der Waals surface area contributed by atoms with E-state index in [0.29, 0.717) is 12.8 Å². The second-order valence-electron chi connectivity index (χ2n) is 19.2. The molecule has 1 amide bonds. The number of aliphatic hydroxyl groups is 4. The van der Waals surface area contributed by atoms with Crippen LogP contribution in [0.5, 0.6) is 0 Å². The van der Waals surface area contributed by atoms with Crippen molar-refractivity contribution in [2.75, 3.05) is 13.2 Å². The first-order chi connectivity index (χ1) is 31.5. The van der Waals surface area contributed by atoms with Crippen LogP contribution in [0.25, 0.3) is 0 Å². The summed E-state index contributed by atoms with van der Waals surface area (Å²) in [6.45, 7) is 3.48. The summed E-state index contributed by atoms with van der Waals surface area (Å²) in [5.74, 6) is -0.234. The van der Waals surface area contributed by atoms with E-state index in [0.717, 1.165) is 64.2 Å². The Hall–Kier alpha value is -1.16. The number of rotatable bonds is 47. The molecular formula is C52H101NO11S. The summed E-state index contributed by atoms with van der Waals surface area (Å²) in [6, 6.07) is -0.860. The number of hydrogen-bond donors (Lipinski definition) is 6. The molecule has 0 aromatic heterocycles. The van der Waals surface area contributed by atoms with Gasteiger partial charge in [-0.25, -0.2) is 4.18 Å². The van der Waals surface area contributed by atoms with Gasteiger partial charge in [-0.15, -0.1) is 0 Å². The van der Waals surface area contributed by atoms with E-state index in [1.54, 1.807) is 0 Å². The second kappa shape index (κ2) is 42.9. The Morgan fingerprint density at radius 2 is 0.985 bits per heavy atom. The highest BCUT2D eigenvalue weighted by Gasteiger charge is 2.48. The van der Waals surface area contributed by atoms with Crippen LogP contribution in [-0.2, 0) is 28.9 Å². The largest absolute Gasteiger partial charge is 0.397 e. The van der Waals surface area contributed by atoms with Gasteiger partial charge in [-0.1, -0.05) is 225 Å². The lowest BCUT2D eigenvalue weighted by atomic mass is 9.99. The summed E-state index contributed by atoms with van der Waals surface area (Å²) in [5.41, 5.74) is 0. The van der Waals surface area contributed by atoms with Crippen LogP contribution >= 0.6 is 0 Å². The van der Waals surface area contributed by atoms with Crippen molar-refractivity contribution >= 4 is 16.3 Å². The quantitative estimate of drug-likeness (QED) is 0.0193. The van der Waals surface area contributed by atoms with Crippen molar-refractivity contribution < 1.29 is 51.8 Å². The van der Waals surface area contributed by atoms with E-state index in [2.05, 4.69) is 35.5 Å². The van der Waals surface area contributed by atoms with Crippen molar-refractivity contribution in [2.24, 2.45) is 0 Å². The Morgan fingerprint density at radius 3 is 1.38 bits per heavy atom. The fourth-order valence-electron chi connectivity index (χ4n) is 8.87. The molecule has 1 aliphatic heterocycles. The fourth-order valence-corrected chi connectivity index (χ4v) is 9.38. The lowest BCUT2D eigenvalue weighted by Gasteiger charge is -2.41. The van der Waals surface area contributed by atoms with Gasteiger partial charge in [0.2, 0.25) is 5.91 Å². The van der Waals surface area contributed by atoms with Gasteiger partial charge in [0.1, 0.15) is 24.4 Å². The number of amides is 1. The smallest absolute Gasteiger partial charge is 0.394 e. The second-order valence-corrected chi connectivity index (χ2v) is 20.2. The van der Waals surface area contributed by atoms with Gasteiger partial charge in [-0.05, 0) is 38.5 Å². The van der Waals surface area contributed by atoms with Crippen LogP contribution in [0.2, 0.25) is 0 Å². The standard InChI is InChI=1S/C52H101NO11S/c1-3-5-7-9-11-13-15-17-19-21-23-24-25-27-29-31-33-35-37-39-41-46(55)45(44-62-52-50(58)51(64-65(59,60)61)49(57)47(43-54)63-52)53-48(56)42-40-38-36-34-32-30-28-26-22-20-18-16-14-12-10-8-6-4-2/h26,28,45-47,49-52,54-55,57-58H,3-25,27,29-44H2,1-2H3,(H,53,56)(H,59,60,61)/b28-26-. The van der Waals surface area contributed by atoms with Gasteiger partial charge >= 0.3 is 10.4 Å². The van der Waals surface area contributed by atoms with Crippen LogP contribution in [0.1, 0.15) is 258 Å². The van der Waals surface area contributed by atoms with Gasteiger partial charge in [0.05, 0.1) is 25.4 Å². The molecule has 1 heterocycles. The number of nitrogens with one attached hydrogen (secondary N) is 1. The van der Waals surface area contributed by atoms with E-state index in [4.69, 9.17) is 9.47 Å². The van der Waals surface area contributed by atoms with Gasteiger partial charge < -0.3 is 35.2 Å². The molecule has 0 spiro atoms. The highest BCUT2D eigenvalue weighted by Crippen LogP contribution is 2.26. The zero-order chi connectivity index (χ0) is 47.6. The molecule has 1 fully saturated rings. The molecule has 0 aromatic rings. The highest BCUT2D eigenvalue weighted by atomic mass is 32.3. The van der Waals surface area contributed by atoms with Gasteiger partial charge in [-0.2, -0.15) is 8.42 Å². The van der Waals surface area contributed by atoms with Crippen molar-refractivity contribution in [3.05, 3.63) is 12.2 Å². The molecule has 0 radical (unpaired) electrons. The number of ether oxygens (including phenoxy) is 2. The monoisotopic (exact) mass is 948 g/mol. The third kappa shape index (κ3) is 35.6. The first-order valence-electron chi connectivity index (χ1n) is 27.1. The average molecular weight is 948 g/mol. The molecule has 1 aliphatic rings. The zero-order valence-electron chi connectivity index (χ0n) is 41.6. The number of hydrogen-bond acceptors (Lipinski definition) is 10. The molecule has 0 aromatic carbocycles. The molecule has 1 rings (SSSR count). The third-order valence-electron chi connectivity index (χ3n) is 13.1. The predicted octanol–water partition coefficient (Wildman–Crippen LogP) is 11.9. The van der Waals surface area contributed by atoms with Crippen molar-refractivity contribution in [2.45, 2.75) is 301 Å². The Morgan fingerprint density at radius 1 is 0.600 bits per heavy atom. The number of carbonyl (C=O) groups is 1. The topological polar surface area (TPSA) is 192 Å². The van der Waals surface area contributed by atoms with Crippen LogP contribution in [0.15, 0.2) is 12.2 Å². The highest BCUT2D eigenvalue weighted by molar-refractivity contribution is 7.80. The molecule has 7 atom stereocenters. The van der Waals surface area contributed by atoms with Gasteiger partial charge in [-0.3, -0.25) is 9.35 Å². The summed E-state index contributed by atoms with van der Waals surface area (Å²) in [5, 5.41) is 45.0. The minimum Gasteiger partial charge on any atom is -0.394 e. The molecule has 0 aliphatic carbocycles. The molecule has 13 heteroatoms. The first-order valence-corrected chi connectivity index (χ1v) is 28.4. The predicted molar refractivity (Wildman–Crippen MR) is 264 cm³/mol. The lowest BCUT2D eigenvalue weighted by molar-refractivity contribution is -0.298. The normalized spacial score (nSPS) is 20.1. The van der Waals surface area contributed by atoms with Crippen LogP contribution in [-0.4, -0.2) is 95.4 Å². The summed E-state index contributed by atoms with van der Waals surface area (Å²) in [7, 11) is -5.08. The molecule has 65 heavy (non-hydrogen) atoms. The molecule has 1 saturated heterocycles. The van der Waals surface area contributed by atoms with Crippen LogP contribution in [0.4, 0.5) is 0 Å². The van der Waals surface area contributed by atoms with Crippen LogP contribution in [0, 0.1) is 0 Å². The van der Waals surface area contributed by atoms with Gasteiger partial charge in [0.15, 0.2) is 6.29 Å². The number of unbranched alkanes of at least 4 members (excludes halogenated alkanes) is 33. The maximum Gasteiger partial charge on any atom is 0.397 e. The molecule has 6 N–H and O–H groups in total. The Balaban J connectivity index is 2.41. The number of carbonyl (C=O) groups excluding carboxylic acids is 1. The van der Waals surface area contributed by atoms with Crippen molar-refractivity contribution in [1.29, 1.82) is 0 Å². The fraction of sp³-hybridized carbons (Fsp3) is 0.942. The van der Waals surface area contributed by atoms with Crippen molar-refractivity contribution in [3.63, 3.8) is 0 Å². The summed E-state index contributed by atoms with van der Waals surface area (Å²) in [4.78, 5) is 13.1. The summed E-state index contributed by atoms with van der Waals surface area (Å²) < 4.78 is 47.8. The van der Waals surface area contributed by atoms with Gasteiger partial charge in [0, 0.05) is 6.42 Å². The maximum absolute atomic E-state index is 13.1. The van der Waals surface area contributed by atoms with Crippen LogP contribution in [0.3, 0.4) is 0 Å². The number of allylic oxidation sites excluding steroid dienone is 2. The first kappa shape index (κ1) is 61.9. The molecule has 0 saturated carbocycles. The molecular weight excluding hydrogens is 847 g/mol. The van der Waals surface area contributed by atoms with E-state index in [1.165, 1.54) is 161 Å². The Kier molecular flexibility index (Phi) is 40.8. The van der Waals surface area contributed by atoms with Crippen molar-refractivity contribution in [3.8, 4) is 0 Å². The van der Waals surface area contributed by atoms with E-state index >= 15 is 0 Å². The molecule has 0 bridgehead atoms. The lowest BCUT2D eigenvalue weighted by Crippen LogP contribution is -2.61. The summed E-state index contributed by atoms with van der Waals surface area (Å²) in [6.07, 6.45) is 40.6. The minimum atomic E-state index is -5.08. The maximum atomic E-state index is 13.1. The van der Waals surface area contributed by atoms with Gasteiger partial charge in [0.25, 0.3) is 0 Å². The Labute approximate surface area is 398 Å². The molecule has 386 valence electrons. The molecule has 7 unspecified atom stereocenters. The average Bonchev–Trinajstić information content (AvgIpc) is 3.28. The van der Waals surface area contributed by atoms with E-state index < -0.39 is 59.9 Å². The van der Waals surface area contributed by atoms with Crippen LogP contribution < -0.4 is 5.32 Å². The number of aliphatic hydroxyl groups excluding tert-OH is 4. The zero-order valence-corrected chi connectivity index (χ0v) is 42.4. The van der Waals surface area contributed by atoms with E-state index in [-0.39, 0.29) is 18.9 Å². The Bertz CT molecular complexity index is 1210. The van der Waals surface area contributed by atoms with E-state index in [9.17, 15) is 38.2 Å². The summed E-state index contributed by atoms with van der Waals surface area (Å²) >= 11 is 0. The minimum absolute atomic E-state index is 0.234. The third-order valence-corrected chi connectivity index (χ3v) is 13.5. The van der Waals surface area contributed by atoms with Crippen molar-refractivity contribution in [1.82, 2.24) is 5.32 Å². The SMILES string of the molecule is CCCCCCCCCCC/C=C\CCCCCCCC(=O)NC(COC1OC(CO)C(O)C(OS(=O)(=O)O)C1O)C(O)CCCCCCCCCCCCCCCCCCCCCC. The molecule has 12 nitrogen and oxygen atoms in total. The van der Waals surface area contributed by atoms with E-state index in [1.807, 2.05) is 0 Å².